The number of hydrogen-bond acceptors (Lipinski definition) is 5. The average molecular weight is 1260 g/mol. The first-order valence-corrected chi connectivity index (χ1v) is 34.5. The van der Waals surface area contributed by atoms with Crippen LogP contribution < -0.4 is 9.80 Å². The standard InChI is InChI=1S/C91H90N2O3/c1-85(2,3)55-27-29-60(30-28-55)91(62-40-50-78-70(52-62)69-51-61(90(16,17)18)39-49-77(69)94-78)71-53-73(92(63-41-31-56(32-42-63)86(4,5)6)64-43-33-57(34-44-64)87(7,8)9)79-67-23-19-21-25-75(67)95-83(79)81(71)82-72(91)54-74(80-68-24-20-22-26-76(68)96-84(80)82)93(65-45-35-58(36-46-65)88(10,11)12)66-47-37-59(38-48-66)89(13,14)15/h19-54H,1-18H3. The molecule has 3 heterocycles. The fraction of sp³-hybridized carbons (Fsp3) is 0.275. The summed E-state index contributed by atoms with van der Waals surface area (Å²) in [5.74, 6) is 0. The number of benzene rings is 11. The van der Waals surface area contributed by atoms with E-state index in [9.17, 15) is 0 Å². The lowest BCUT2D eigenvalue weighted by atomic mass is 9.66. The van der Waals surface area contributed by atoms with Gasteiger partial charge in [0.15, 0.2) is 0 Å². The summed E-state index contributed by atoms with van der Waals surface area (Å²) >= 11 is 0. The van der Waals surface area contributed by atoms with Crippen molar-refractivity contribution in [2.24, 2.45) is 0 Å². The molecule has 0 saturated heterocycles. The highest BCUT2D eigenvalue weighted by Gasteiger charge is 2.51. The molecule has 96 heavy (non-hydrogen) atoms. The lowest BCUT2D eigenvalue weighted by molar-refractivity contribution is 0.589. The Morgan fingerprint density at radius 2 is 0.552 bits per heavy atom. The van der Waals surface area contributed by atoms with Crippen molar-refractivity contribution in [1.82, 2.24) is 0 Å². The molecule has 0 unspecified atom stereocenters. The Morgan fingerprint density at radius 3 is 0.906 bits per heavy atom. The highest BCUT2D eigenvalue weighted by atomic mass is 16.3. The molecule has 482 valence electrons. The van der Waals surface area contributed by atoms with E-state index in [0.29, 0.717) is 0 Å². The van der Waals surface area contributed by atoms with Crippen molar-refractivity contribution in [2.75, 3.05) is 9.80 Å². The first-order chi connectivity index (χ1) is 45.4. The van der Waals surface area contributed by atoms with Gasteiger partial charge in [-0.15, -0.1) is 0 Å². The van der Waals surface area contributed by atoms with Crippen LogP contribution in [0.1, 0.15) is 180 Å². The molecular formula is C91H90N2O3. The number of hydrogen-bond donors (Lipinski definition) is 0. The van der Waals surface area contributed by atoms with Gasteiger partial charge in [0.05, 0.1) is 27.6 Å². The molecule has 3 aromatic heterocycles. The second kappa shape index (κ2) is 21.7. The largest absolute Gasteiger partial charge is 0.456 e. The normalized spacial score (nSPS) is 13.8. The Labute approximate surface area is 567 Å². The highest BCUT2D eigenvalue weighted by Crippen LogP contribution is 2.65. The summed E-state index contributed by atoms with van der Waals surface area (Å²) in [6, 6.07) is 82.8. The molecule has 1 aliphatic carbocycles. The lowest BCUT2D eigenvalue weighted by Crippen LogP contribution is -2.29. The number of nitrogens with zero attached hydrogens (tertiary/aromatic N) is 2. The molecule has 11 aromatic carbocycles. The van der Waals surface area contributed by atoms with E-state index in [1.165, 1.54) is 33.4 Å². The van der Waals surface area contributed by atoms with Crippen molar-refractivity contribution in [3.63, 3.8) is 0 Å². The molecule has 0 amide bonds. The zero-order valence-electron chi connectivity index (χ0n) is 59.4. The summed E-state index contributed by atoms with van der Waals surface area (Å²) in [6.45, 7) is 41.3. The number of para-hydroxylation sites is 2. The number of rotatable bonds is 8. The molecule has 0 aliphatic heterocycles. The summed E-state index contributed by atoms with van der Waals surface area (Å²) in [7, 11) is 0. The Morgan fingerprint density at radius 1 is 0.260 bits per heavy atom. The van der Waals surface area contributed by atoms with E-state index < -0.39 is 5.41 Å². The topological polar surface area (TPSA) is 45.9 Å². The maximum Gasteiger partial charge on any atom is 0.145 e. The highest BCUT2D eigenvalue weighted by molar-refractivity contribution is 6.25. The second-order valence-corrected chi connectivity index (χ2v) is 33.5. The minimum Gasteiger partial charge on any atom is -0.456 e. The van der Waals surface area contributed by atoms with Crippen molar-refractivity contribution in [2.45, 2.75) is 163 Å². The van der Waals surface area contributed by atoms with Crippen molar-refractivity contribution in [1.29, 1.82) is 0 Å². The van der Waals surface area contributed by atoms with E-state index in [1.54, 1.807) is 0 Å². The van der Waals surface area contributed by atoms with Gasteiger partial charge in [0, 0.05) is 55.4 Å². The maximum atomic E-state index is 7.75. The van der Waals surface area contributed by atoms with Gasteiger partial charge in [0.1, 0.15) is 33.5 Å². The van der Waals surface area contributed by atoms with Gasteiger partial charge in [-0.25, -0.2) is 0 Å². The summed E-state index contributed by atoms with van der Waals surface area (Å²) in [4.78, 5) is 4.99. The van der Waals surface area contributed by atoms with Crippen LogP contribution in [0.3, 0.4) is 0 Å². The van der Waals surface area contributed by atoms with Crippen LogP contribution in [0.15, 0.2) is 232 Å². The van der Waals surface area contributed by atoms with Crippen molar-refractivity contribution >= 4 is 99.9 Å². The second-order valence-electron chi connectivity index (χ2n) is 33.5. The summed E-state index contributed by atoms with van der Waals surface area (Å²) < 4.78 is 22.4. The Hall–Kier alpha value is -9.58. The number of anilines is 6. The van der Waals surface area contributed by atoms with E-state index in [2.05, 4.69) is 353 Å². The molecule has 0 atom stereocenters. The molecule has 1 aliphatic rings. The van der Waals surface area contributed by atoms with Gasteiger partial charge in [0.2, 0.25) is 0 Å². The molecule has 0 radical (unpaired) electrons. The van der Waals surface area contributed by atoms with Crippen LogP contribution in [-0.2, 0) is 37.9 Å². The van der Waals surface area contributed by atoms with Gasteiger partial charge in [-0.1, -0.05) is 246 Å². The Bertz CT molecular complexity index is 5000. The van der Waals surface area contributed by atoms with Gasteiger partial charge in [0.25, 0.3) is 0 Å². The molecule has 5 heteroatoms. The van der Waals surface area contributed by atoms with E-state index >= 15 is 0 Å². The smallest absolute Gasteiger partial charge is 0.145 e. The van der Waals surface area contributed by atoms with Gasteiger partial charge < -0.3 is 23.1 Å². The zero-order chi connectivity index (χ0) is 67.6. The maximum absolute atomic E-state index is 7.75. The Balaban J connectivity index is 1.17. The third-order valence-electron chi connectivity index (χ3n) is 20.7. The Kier molecular flexibility index (Phi) is 14.1. The molecule has 15 rings (SSSR count). The van der Waals surface area contributed by atoms with Crippen LogP contribution >= 0.6 is 0 Å². The van der Waals surface area contributed by atoms with E-state index in [0.717, 1.165) is 133 Å². The predicted octanol–water partition coefficient (Wildman–Crippen LogP) is 26.5. The molecule has 0 N–H and O–H groups in total. The zero-order valence-corrected chi connectivity index (χ0v) is 59.4. The lowest BCUT2D eigenvalue weighted by Gasteiger charge is -2.36. The first-order valence-electron chi connectivity index (χ1n) is 34.5. The molecule has 0 saturated carbocycles. The van der Waals surface area contributed by atoms with E-state index in [1.807, 2.05) is 0 Å². The van der Waals surface area contributed by atoms with E-state index in [-0.39, 0.29) is 32.5 Å². The molecule has 0 spiro atoms. The average Bonchev–Trinajstić information content (AvgIpc) is 1.49. The van der Waals surface area contributed by atoms with Crippen LogP contribution in [0.25, 0.3) is 76.9 Å². The van der Waals surface area contributed by atoms with Crippen LogP contribution in [0.4, 0.5) is 34.1 Å². The van der Waals surface area contributed by atoms with E-state index in [4.69, 9.17) is 13.3 Å². The summed E-state index contributed by atoms with van der Waals surface area (Å²) in [5, 5.41) is 6.25. The van der Waals surface area contributed by atoms with Gasteiger partial charge in [-0.3, -0.25) is 0 Å². The molecule has 5 nitrogen and oxygen atoms in total. The van der Waals surface area contributed by atoms with Crippen molar-refractivity contribution < 1.29 is 13.3 Å². The van der Waals surface area contributed by atoms with Crippen molar-refractivity contribution in [3.05, 3.63) is 274 Å². The van der Waals surface area contributed by atoms with Crippen LogP contribution in [-0.4, -0.2) is 0 Å². The predicted molar refractivity (Wildman–Crippen MR) is 407 cm³/mol. The van der Waals surface area contributed by atoms with Gasteiger partial charge in [-0.05, 0) is 185 Å². The van der Waals surface area contributed by atoms with Gasteiger partial charge in [-0.2, -0.15) is 0 Å². The molecular weight excluding hydrogens is 1170 g/mol. The van der Waals surface area contributed by atoms with Gasteiger partial charge >= 0.3 is 0 Å². The fourth-order valence-electron chi connectivity index (χ4n) is 15.1. The summed E-state index contributed by atoms with van der Waals surface area (Å²) in [5.41, 5.74) is 23.5. The number of fused-ring (bicyclic) bond motifs is 14. The molecule has 0 bridgehead atoms. The minimum absolute atomic E-state index is 0.0643. The quantitative estimate of drug-likeness (QED) is 0.152. The molecule has 0 fully saturated rings. The molecule has 14 aromatic rings. The number of furan rings is 3. The fourth-order valence-corrected chi connectivity index (χ4v) is 15.1. The van der Waals surface area contributed by atoms with Crippen molar-refractivity contribution in [3.8, 4) is 11.1 Å². The minimum atomic E-state index is -1.07. The van der Waals surface area contributed by atoms with Crippen LogP contribution in [0.5, 0.6) is 0 Å². The third-order valence-corrected chi connectivity index (χ3v) is 20.7. The monoisotopic (exact) mass is 1260 g/mol. The first kappa shape index (κ1) is 62.5. The SMILES string of the molecule is CC(C)(C)c1ccc(N(c2ccc(C(C)(C)C)cc2)c2cc3c(c4oc5ccccc5c24)-c2c(cc(N(c4ccc(C(C)(C)C)cc4)c4ccc(C(C)(C)C)cc4)c4c2oc2ccccc24)C3(c2ccc(C(C)(C)C)cc2)c2ccc3oc4ccc(C(C)(C)C)cc4c3c2)cc1. The van der Waals surface area contributed by atoms with Crippen LogP contribution in [0.2, 0.25) is 0 Å². The van der Waals surface area contributed by atoms with Crippen LogP contribution in [0, 0.1) is 0 Å². The summed E-state index contributed by atoms with van der Waals surface area (Å²) in [6.07, 6.45) is 0. The third kappa shape index (κ3) is 10.2.